The third-order valence-corrected chi connectivity index (χ3v) is 10.3. The van der Waals surface area contributed by atoms with Crippen molar-refractivity contribution in [3.8, 4) is 0 Å². The molecule has 0 aromatic carbocycles. The van der Waals surface area contributed by atoms with Gasteiger partial charge < -0.3 is 0 Å². The Morgan fingerprint density at radius 3 is 1.33 bits per heavy atom. The molecule has 0 amide bonds. The normalized spacial score (nSPS) is 11.8. The van der Waals surface area contributed by atoms with Crippen molar-refractivity contribution in [1.82, 2.24) is 0 Å². The first-order chi connectivity index (χ1) is 11.7. The van der Waals surface area contributed by atoms with Gasteiger partial charge >= 0.3 is 0 Å². The van der Waals surface area contributed by atoms with Crippen LogP contribution < -0.4 is 0 Å². The summed E-state index contributed by atoms with van der Waals surface area (Å²) in [5.74, 6) is 0. The third-order valence-electron chi connectivity index (χ3n) is 5.47. The average molecular weight is 356 g/mol. The predicted octanol–water partition coefficient (Wildman–Crippen LogP) is 8.71. The summed E-state index contributed by atoms with van der Waals surface area (Å²) in [6.45, 7) is 11.1. The molecule has 0 aromatic heterocycles. The van der Waals surface area contributed by atoms with E-state index in [1.54, 1.807) is 6.16 Å². The molecule has 0 radical (unpaired) electrons. The Balaban J connectivity index is 3.92. The predicted molar refractivity (Wildman–Crippen MR) is 118 cm³/mol. The summed E-state index contributed by atoms with van der Waals surface area (Å²) in [7, 11) is -0.721. The fraction of sp³-hybridized carbons (Fsp3) is 0.913. The molecule has 0 aliphatic carbocycles. The van der Waals surface area contributed by atoms with Gasteiger partial charge in [-0.25, -0.2) is 0 Å². The maximum atomic E-state index is 4.09. The summed E-state index contributed by atoms with van der Waals surface area (Å²) in [4.78, 5) is 0. The minimum atomic E-state index is -0.721. The highest BCUT2D eigenvalue weighted by Crippen LogP contribution is 2.60. The molecule has 0 bridgehead atoms. The van der Waals surface area contributed by atoms with Crippen LogP contribution in [0.25, 0.3) is 0 Å². The molecule has 0 aliphatic rings. The van der Waals surface area contributed by atoms with Crippen molar-refractivity contribution in [1.29, 1.82) is 0 Å². The molecule has 0 aromatic rings. The molecule has 0 spiro atoms. The van der Waals surface area contributed by atoms with Crippen LogP contribution in [0.15, 0.2) is 12.7 Å². The van der Waals surface area contributed by atoms with Crippen LogP contribution in [0.4, 0.5) is 0 Å². The molecule has 0 atom stereocenters. The summed E-state index contributed by atoms with van der Waals surface area (Å²) in [6.07, 6.45) is 28.4. The molecule has 0 heterocycles. The Hall–Kier alpha value is 0.170. The van der Waals surface area contributed by atoms with Crippen LogP contribution in [-0.4, -0.2) is 24.6 Å². The van der Waals surface area contributed by atoms with E-state index in [9.17, 15) is 0 Å². The number of hydrogen-bond donors (Lipinski definition) is 0. The lowest BCUT2D eigenvalue weighted by Crippen LogP contribution is -2.11. The van der Waals surface area contributed by atoms with Crippen molar-refractivity contribution in [2.45, 2.75) is 111 Å². The highest BCUT2D eigenvalue weighted by molar-refractivity contribution is 7.76. The fourth-order valence-corrected chi connectivity index (χ4v) is 8.44. The zero-order chi connectivity index (χ0) is 17.9. The van der Waals surface area contributed by atoms with Crippen LogP contribution in [0.3, 0.4) is 0 Å². The maximum Gasteiger partial charge on any atom is 0.0771 e. The highest BCUT2D eigenvalue weighted by atomic mass is 31.2. The van der Waals surface area contributed by atoms with Gasteiger partial charge in [0, 0.05) is 7.26 Å². The third kappa shape index (κ3) is 13.5. The number of allylic oxidation sites excluding steroid dienone is 1. The second-order valence-electron chi connectivity index (χ2n) is 7.87. The van der Waals surface area contributed by atoms with Gasteiger partial charge in [-0.2, -0.15) is 0 Å². The van der Waals surface area contributed by atoms with Gasteiger partial charge in [0.05, 0.1) is 24.6 Å². The maximum absolute atomic E-state index is 4.09. The number of unbranched alkanes of at least 4 members (excludes halogenated alkanes) is 11. The number of hydrogen-bond acceptors (Lipinski definition) is 0. The smallest absolute Gasteiger partial charge is 0.0771 e. The SMILES string of the molecule is C=CC[P+](CCCC)(CCCC)CCCCCCCCCCCC. The summed E-state index contributed by atoms with van der Waals surface area (Å²) >= 11 is 0. The molecule has 0 aliphatic heterocycles. The van der Waals surface area contributed by atoms with E-state index in [4.69, 9.17) is 0 Å². The van der Waals surface area contributed by atoms with Gasteiger partial charge in [0.1, 0.15) is 0 Å². The minimum Gasteiger partial charge on any atom is -0.0995 e. The molecule has 0 unspecified atom stereocenters. The Morgan fingerprint density at radius 1 is 0.542 bits per heavy atom. The van der Waals surface area contributed by atoms with E-state index in [0.717, 1.165) is 0 Å². The standard InChI is InChI=1S/C23H48P/c1-5-9-12-13-14-15-16-17-18-19-23-24(20-8-4,21-10-6-2)22-11-7-3/h8H,4-7,9-23H2,1-3H3/q+1. The van der Waals surface area contributed by atoms with Crippen LogP contribution >= 0.6 is 7.26 Å². The van der Waals surface area contributed by atoms with Gasteiger partial charge in [-0.15, -0.1) is 0 Å². The molecule has 0 nitrogen and oxygen atoms in total. The molecule has 0 saturated carbocycles. The largest absolute Gasteiger partial charge is 0.0995 e. The molecule has 0 N–H and O–H groups in total. The van der Waals surface area contributed by atoms with E-state index in [2.05, 4.69) is 33.4 Å². The molecule has 144 valence electrons. The van der Waals surface area contributed by atoms with Crippen molar-refractivity contribution in [2.75, 3.05) is 24.6 Å². The zero-order valence-corrected chi connectivity index (χ0v) is 18.4. The Labute approximate surface area is 155 Å². The summed E-state index contributed by atoms with van der Waals surface area (Å²) in [5.41, 5.74) is 0. The Kier molecular flexibility index (Phi) is 18.1. The lowest BCUT2D eigenvalue weighted by atomic mass is 10.1. The summed E-state index contributed by atoms with van der Waals surface area (Å²) in [5, 5.41) is 0. The van der Waals surface area contributed by atoms with Crippen molar-refractivity contribution in [3.05, 3.63) is 12.7 Å². The molecule has 0 saturated heterocycles. The van der Waals surface area contributed by atoms with Crippen LogP contribution in [0, 0.1) is 0 Å². The van der Waals surface area contributed by atoms with Crippen molar-refractivity contribution in [3.63, 3.8) is 0 Å². The van der Waals surface area contributed by atoms with Crippen LogP contribution in [0.2, 0.25) is 0 Å². The zero-order valence-electron chi connectivity index (χ0n) is 17.5. The first kappa shape index (κ1) is 24.2. The second-order valence-corrected chi connectivity index (χ2v) is 12.3. The van der Waals surface area contributed by atoms with E-state index in [1.165, 1.54) is 108 Å². The molecule has 0 rings (SSSR count). The Morgan fingerprint density at radius 2 is 0.917 bits per heavy atom. The summed E-state index contributed by atoms with van der Waals surface area (Å²) in [6, 6.07) is 0. The minimum absolute atomic E-state index is 0.721. The molecular weight excluding hydrogens is 307 g/mol. The van der Waals surface area contributed by atoms with Gasteiger partial charge in [0.2, 0.25) is 0 Å². The molecule has 24 heavy (non-hydrogen) atoms. The van der Waals surface area contributed by atoms with E-state index >= 15 is 0 Å². The molecule has 1 heteroatoms. The molecule has 0 fully saturated rings. The fourth-order valence-electron chi connectivity index (χ4n) is 3.80. The van der Waals surface area contributed by atoms with Gasteiger partial charge in [0.25, 0.3) is 0 Å². The monoisotopic (exact) mass is 355 g/mol. The first-order valence-electron chi connectivity index (χ1n) is 11.2. The highest BCUT2D eigenvalue weighted by Gasteiger charge is 2.33. The lowest BCUT2D eigenvalue weighted by Gasteiger charge is -2.27. The topological polar surface area (TPSA) is 0 Å². The van der Waals surface area contributed by atoms with E-state index in [0.29, 0.717) is 0 Å². The van der Waals surface area contributed by atoms with Crippen molar-refractivity contribution >= 4 is 7.26 Å². The second kappa shape index (κ2) is 18.0. The lowest BCUT2D eigenvalue weighted by molar-refractivity contribution is 0.562. The van der Waals surface area contributed by atoms with E-state index < -0.39 is 7.26 Å². The van der Waals surface area contributed by atoms with Gasteiger partial charge in [-0.3, -0.25) is 0 Å². The molecular formula is C23H48P+. The van der Waals surface area contributed by atoms with Crippen LogP contribution in [0.5, 0.6) is 0 Å². The van der Waals surface area contributed by atoms with E-state index in [-0.39, 0.29) is 0 Å². The number of rotatable bonds is 19. The van der Waals surface area contributed by atoms with Crippen LogP contribution in [-0.2, 0) is 0 Å². The van der Waals surface area contributed by atoms with Gasteiger partial charge in [0.15, 0.2) is 0 Å². The average Bonchev–Trinajstić information content (AvgIpc) is 2.60. The summed E-state index contributed by atoms with van der Waals surface area (Å²) < 4.78 is 0. The van der Waals surface area contributed by atoms with Gasteiger partial charge in [-0.1, -0.05) is 97.6 Å². The van der Waals surface area contributed by atoms with Gasteiger partial charge in [-0.05, 0) is 25.7 Å². The quantitative estimate of drug-likeness (QED) is 0.123. The van der Waals surface area contributed by atoms with Crippen LogP contribution in [0.1, 0.15) is 111 Å². The van der Waals surface area contributed by atoms with Crippen molar-refractivity contribution < 1.29 is 0 Å². The Bertz CT molecular complexity index is 251. The first-order valence-corrected chi connectivity index (χ1v) is 13.7. The van der Waals surface area contributed by atoms with E-state index in [1.807, 2.05) is 0 Å². The van der Waals surface area contributed by atoms with Crippen molar-refractivity contribution in [2.24, 2.45) is 0 Å².